The Balaban J connectivity index is 1.49. The van der Waals surface area contributed by atoms with Crippen LogP contribution in [0.4, 0.5) is 0 Å². The summed E-state index contributed by atoms with van der Waals surface area (Å²) >= 11 is 6.05. The summed E-state index contributed by atoms with van der Waals surface area (Å²) in [6, 6.07) is 11.9. The van der Waals surface area contributed by atoms with Crippen molar-refractivity contribution in [2.45, 2.75) is 25.0 Å². The molecule has 1 aliphatic carbocycles. The number of pyridine rings is 1. The van der Waals surface area contributed by atoms with E-state index in [0.717, 1.165) is 29.7 Å². The Kier molecular flexibility index (Phi) is 3.60. The van der Waals surface area contributed by atoms with Gasteiger partial charge in [-0.3, -0.25) is 0 Å². The molecule has 2 aromatic heterocycles. The number of aliphatic hydroxyl groups is 1. The average molecular weight is 328 g/mol. The van der Waals surface area contributed by atoms with Gasteiger partial charge in [0.1, 0.15) is 11.2 Å². The van der Waals surface area contributed by atoms with E-state index < -0.39 is 5.60 Å². The Morgan fingerprint density at radius 3 is 3.04 bits per heavy atom. The van der Waals surface area contributed by atoms with E-state index in [1.54, 1.807) is 0 Å². The van der Waals surface area contributed by atoms with Crippen molar-refractivity contribution >= 4 is 17.2 Å². The highest BCUT2D eigenvalue weighted by Gasteiger charge is 2.35. The van der Waals surface area contributed by atoms with Crippen molar-refractivity contribution < 1.29 is 5.11 Å². The van der Waals surface area contributed by atoms with Gasteiger partial charge in [0.25, 0.3) is 0 Å². The smallest absolute Gasteiger partial charge is 0.137 e. The number of nitrogens with zero attached hydrogens (tertiary/aromatic N) is 2. The van der Waals surface area contributed by atoms with Crippen molar-refractivity contribution in [3.05, 3.63) is 70.6 Å². The quantitative estimate of drug-likeness (QED) is 0.774. The maximum absolute atomic E-state index is 10.9. The molecule has 0 spiro atoms. The van der Waals surface area contributed by atoms with Crippen LogP contribution in [0.15, 0.2) is 48.8 Å². The first-order valence-electron chi connectivity index (χ1n) is 7.79. The fraction of sp³-hybridized carbons (Fsp3) is 0.278. The van der Waals surface area contributed by atoms with E-state index >= 15 is 0 Å². The van der Waals surface area contributed by atoms with Gasteiger partial charge < -0.3 is 14.8 Å². The Bertz CT molecular complexity index is 860. The van der Waals surface area contributed by atoms with Crippen LogP contribution in [-0.2, 0) is 18.6 Å². The van der Waals surface area contributed by atoms with Crippen molar-refractivity contribution in [1.82, 2.24) is 14.7 Å². The molecule has 118 valence electrons. The lowest BCUT2D eigenvalue weighted by Gasteiger charge is -2.24. The first kappa shape index (κ1) is 14.7. The molecule has 23 heavy (non-hydrogen) atoms. The lowest BCUT2D eigenvalue weighted by Crippen LogP contribution is -2.36. The standard InChI is InChI=1S/C18H18ClN3O/c19-14-5-6-17-21-10-15(22(17)11-14)9-20-12-18(23)8-7-13-3-1-2-4-16(13)18/h1-6,10-11,20,23H,7-9,12H2. The lowest BCUT2D eigenvalue weighted by molar-refractivity contribution is 0.0383. The van der Waals surface area contributed by atoms with Crippen molar-refractivity contribution in [1.29, 1.82) is 0 Å². The van der Waals surface area contributed by atoms with E-state index in [0.29, 0.717) is 18.1 Å². The summed E-state index contributed by atoms with van der Waals surface area (Å²) in [7, 11) is 0. The molecule has 1 unspecified atom stereocenters. The molecule has 1 aliphatic rings. The number of benzene rings is 1. The molecule has 0 radical (unpaired) electrons. The Morgan fingerprint density at radius 2 is 2.13 bits per heavy atom. The van der Waals surface area contributed by atoms with Crippen LogP contribution < -0.4 is 5.32 Å². The number of aromatic nitrogens is 2. The van der Waals surface area contributed by atoms with E-state index in [1.165, 1.54) is 5.56 Å². The zero-order valence-corrected chi connectivity index (χ0v) is 13.4. The predicted octanol–water partition coefficient (Wildman–Crippen LogP) is 2.91. The third-order valence-electron chi connectivity index (χ3n) is 4.60. The van der Waals surface area contributed by atoms with E-state index in [4.69, 9.17) is 11.6 Å². The van der Waals surface area contributed by atoms with Gasteiger partial charge in [0, 0.05) is 19.3 Å². The number of imidazole rings is 1. The van der Waals surface area contributed by atoms with Gasteiger partial charge in [0.05, 0.1) is 16.9 Å². The predicted molar refractivity (Wildman–Crippen MR) is 90.6 cm³/mol. The fourth-order valence-corrected chi connectivity index (χ4v) is 3.55. The minimum Gasteiger partial charge on any atom is -0.384 e. The third-order valence-corrected chi connectivity index (χ3v) is 4.82. The Hall–Kier alpha value is -1.88. The van der Waals surface area contributed by atoms with Gasteiger partial charge in [-0.2, -0.15) is 0 Å². The second-order valence-electron chi connectivity index (χ2n) is 6.12. The van der Waals surface area contributed by atoms with Gasteiger partial charge in [-0.05, 0) is 36.1 Å². The summed E-state index contributed by atoms with van der Waals surface area (Å²) in [6.07, 6.45) is 5.39. The van der Waals surface area contributed by atoms with Gasteiger partial charge in [0.2, 0.25) is 0 Å². The first-order chi connectivity index (χ1) is 11.2. The van der Waals surface area contributed by atoms with Crippen LogP contribution in [0.5, 0.6) is 0 Å². The van der Waals surface area contributed by atoms with Gasteiger partial charge in [-0.1, -0.05) is 35.9 Å². The normalized spacial score (nSPS) is 20.1. The molecule has 5 heteroatoms. The summed E-state index contributed by atoms with van der Waals surface area (Å²) < 4.78 is 1.97. The number of hydrogen-bond donors (Lipinski definition) is 2. The number of fused-ring (bicyclic) bond motifs is 2. The molecule has 0 saturated heterocycles. The Labute approximate surface area is 139 Å². The molecule has 1 aromatic carbocycles. The van der Waals surface area contributed by atoms with Crippen molar-refractivity contribution in [3.8, 4) is 0 Å². The number of aryl methyl sites for hydroxylation is 1. The molecular weight excluding hydrogens is 310 g/mol. The van der Waals surface area contributed by atoms with Crippen LogP contribution in [0.25, 0.3) is 5.65 Å². The number of rotatable bonds is 4. The Morgan fingerprint density at radius 1 is 1.26 bits per heavy atom. The molecule has 0 aliphatic heterocycles. The summed E-state index contributed by atoms with van der Waals surface area (Å²) in [5, 5.41) is 15.0. The van der Waals surface area contributed by atoms with Crippen LogP contribution in [0.2, 0.25) is 5.02 Å². The average Bonchev–Trinajstić information content (AvgIpc) is 3.10. The van der Waals surface area contributed by atoms with E-state index in [1.807, 2.05) is 47.1 Å². The number of nitrogens with one attached hydrogen (secondary N) is 1. The molecule has 3 aromatic rings. The SMILES string of the molecule is OC1(CNCc2cnc3ccc(Cl)cn23)CCc2ccccc21. The molecule has 4 rings (SSSR count). The summed E-state index contributed by atoms with van der Waals surface area (Å²) in [4.78, 5) is 4.37. The van der Waals surface area contributed by atoms with E-state index in [9.17, 15) is 5.11 Å². The maximum atomic E-state index is 10.9. The number of halogens is 1. The van der Waals surface area contributed by atoms with Crippen LogP contribution in [0.1, 0.15) is 23.2 Å². The highest BCUT2D eigenvalue weighted by atomic mass is 35.5. The molecule has 0 saturated carbocycles. The minimum atomic E-state index is -0.783. The van der Waals surface area contributed by atoms with Crippen LogP contribution in [0.3, 0.4) is 0 Å². The van der Waals surface area contributed by atoms with Gasteiger partial charge in [-0.15, -0.1) is 0 Å². The zero-order chi connectivity index (χ0) is 15.9. The van der Waals surface area contributed by atoms with Crippen molar-refractivity contribution in [2.24, 2.45) is 0 Å². The third kappa shape index (κ3) is 2.63. The van der Waals surface area contributed by atoms with Crippen LogP contribution in [-0.4, -0.2) is 21.0 Å². The van der Waals surface area contributed by atoms with Crippen molar-refractivity contribution in [3.63, 3.8) is 0 Å². The molecule has 0 amide bonds. The highest BCUT2D eigenvalue weighted by Crippen LogP contribution is 2.36. The summed E-state index contributed by atoms with van der Waals surface area (Å²) in [5.41, 5.74) is 3.41. The fourth-order valence-electron chi connectivity index (χ4n) is 3.39. The van der Waals surface area contributed by atoms with Gasteiger partial charge in [0.15, 0.2) is 0 Å². The topological polar surface area (TPSA) is 49.6 Å². The largest absolute Gasteiger partial charge is 0.384 e. The second kappa shape index (κ2) is 5.64. The molecule has 2 heterocycles. The minimum absolute atomic E-state index is 0.526. The molecule has 1 atom stereocenters. The van der Waals surface area contributed by atoms with Crippen LogP contribution in [0, 0.1) is 0 Å². The van der Waals surface area contributed by atoms with Crippen molar-refractivity contribution in [2.75, 3.05) is 6.54 Å². The van der Waals surface area contributed by atoms with E-state index in [-0.39, 0.29) is 0 Å². The molecule has 4 nitrogen and oxygen atoms in total. The molecule has 0 bridgehead atoms. The summed E-state index contributed by atoms with van der Waals surface area (Å²) in [5.74, 6) is 0. The lowest BCUT2D eigenvalue weighted by atomic mass is 9.96. The van der Waals surface area contributed by atoms with Crippen LogP contribution >= 0.6 is 11.6 Å². The highest BCUT2D eigenvalue weighted by molar-refractivity contribution is 6.30. The molecule has 0 fully saturated rings. The molecular formula is C18H18ClN3O. The second-order valence-corrected chi connectivity index (χ2v) is 6.55. The van der Waals surface area contributed by atoms with E-state index in [2.05, 4.69) is 16.4 Å². The zero-order valence-electron chi connectivity index (χ0n) is 12.7. The maximum Gasteiger partial charge on any atom is 0.137 e. The summed E-state index contributed by atoms with van der Waals surface area (Å²) in [6.45, 7) is 1.16. The van der Waals surface area contributed by atoms with Gasteiger partial charge in [-0.25, -0.2) is 4.98 Å². The molecule has 2 N–H and O–H groups in total. The number of hydrogen-bond acceptors (Lipinski definition) is 3. The monoisotopic (exact) mass is 327 g/mol. The first-order valence-corrected chi connectivity index (χ1v) is 8.16. The van der Waals surface area contributed by atoms with Gasteiger partial charge >= 0.3 is 0 Å².